The lowest BCUT2D eigenvalue weighted by Crippen LogP contribution is -2.39. The Morgan fingerprint density at radius 3 is 2.52 bits per heavy atom. The highest BCUT2D eigenvalue weighted by atomic mass is 32.1. The topological polar surface area (TPSA) is 79.4 Å². The third-order valence-electron chi connectivity index (χ3n) is 6.27. The molecule has 5 rings (SSSR count). The van der Waals surface area contributed by atoms with Crippen molar-refractivity contribution in [3.05, 3.63) is 46.9 Å². The molecule has 29 heavy (non-hydrogen) atoms. The van der Waals surface area contributed by atoms with Crippen LogP contribution in [0.25, 0.3) is 11.3 Å². The van der Waals surface area contributed by atoms with Crippen LogP contribution in [0.2, 0.25) is 0 Å². The summed E-state index contributed by atoms with van der Waals surface area (Å²) in [5.41, 5.74) is 4.13. The number of aryl methyl sites for hydroxylation is 2. The zero-order valence-electron chi connectivity index (χ0n) is 16.2. The molecule has 6 nitrogen and oxygen atoms in total. The summed E-state index contributed by atoms with van der Waals surface area (Å²) >= 11 is 1.33. The van der Waals surface area contributed by atoms with Gasteiger partial charge in [-0.1, -0.05) is 35.9 Å². The van der Waals surface area contributed by atoms with Crippen LogP contribution in [0.15, 0.2) is 35.7 Å². The van der Waals surface area contributed by atoms with E-state index in [-0.39, 0.29) is 42.0 Å². The Labute approximate surface area is 172 Å². The molecular formula is C22H21N3O3S. The minimum atomic E-state index is -0.395. The summed E-state index contributed by atoms with van der Waals surface area (Å²) in [6, 6.07) is 6.15. The summed E-state index contributed by atoms with van der Waals surface area (Å²) in [4.78, 5) is 43.6. The molecule has 1 aliphatic heterocycles. The quantitative estimate of drug-likeness (QED) is 0.624. The van der Waals surface area contributed by atoms with Gasteiger partial charge in [0.1, 0.15) is 6.54 Å². The molecule has 0 radical (unpaired) electrons. The third-order valence-corrected chi connectivity index (χ3v) is 7.03. The molecule has 1 saturated heterocycles. The van der Waals surface area contributed by atoms with Gasteiger partial charge in [-0.25, -0.2) is 4.98 Å². The molecule has 3 aliphatic rings. The molecule has 148 valence electrons. The number of benzene rings is 1. The van der Waals surface area contributed by atoms with Crippen LogP contribution in [0.4, 0.5) is 5.13 Å². The van der Waals surface area contributed by atoms with Crippen LogP contribution in [0.5, 0.6) is 0 Å². The summed E-state index contributed by atoms with van der Waals surface area (Å²) in [6.07, 6.45) is 4.97. The fraction of sp³-hybridized carbons (Fsp3) is 0.364. The van der Waals surface area contributed by atoms with Gasteiger partial charge >= 0.3 is 0 Å². The fourth-order valence-electron chi connectivity index (χ4n) is 4.98. The average molecular weight is 407 g/mol. The van der Waals surface area contributed by atoms with E-state index in [1.807, 2.05) is 43.5 Å². The van der Waals surface area contributed by atoms with Gasteiger partial charge in [0.05, 0.1) is 17.5 Å². The molecule has 1 N–H and O–H groups in total. The Morgan fingerprint density at radius 1 is 1.17 bits per heavy atom. The zero-order chi connectivity index (χ0) is 20.3. The number of likely N-dealkylation sites (tertiary alicyclic amines) is 1. The SMILES string of the molecule is Cc1ccc(-c2csc(NC(=O)CN3C(=O)C4C5C=CC(C5)C4C3=O)n2)c(C)c1. The van der Waals surface area contributed by atoms with Gasteiger partial charge in [-0.3, -0.25) is 19.3 Å². The van der Waals surface area contributed by atoms with Crippen LogP contribution in [0.3, 0.4) is 0 Å². The highest BCUT2D eigenvalue weighted by Crippen LogP contribution is 2.52. The normalized spacial score (nSPS) is 27.0. The van der Waals surface area contributed by atoms with Crippen molar-refractivity contribution >= 4 is 34.2 Å². The Kier molecular flexibility index (Phi) is 4.17. The lowest BCUT2D eigenvalue weighted by atomic mass is 9.85. The van der Waals surface area contributed by atoms with E-state index < -0.39 is 5.91 Å². The van der Waals surface area contributed by atoms with Crippen molar-refractivity contribution in [1.82, 2.24) is 9.88 Å². The molecule has 4 atom stereocenters. The number of imide groups is 1. The van der Waals surface area contributed by atoms with Gasteiger partial charge in [-0.2, -0.15) is 0 Å². The first kappa shape index (κ1) is 18.2. The first-order valence-electron chi connectivity index (χ1n) is 9.79. The van der Waals surface area contributed by atoms with Gasteiger partial charge in [0.15, 0.2) is 5.13 Å². The van der Waals surface area contributed by atoms with Gasteiger partial charge < -0.3 is 5.32 Å². The molecule has 0 spiro atoms. The lowest BCUT2D eigenvalue weighted by Gasteiger charge is -2.16. The molecule has 2 aliphatic carbocycles. The molecule has 2 bridgehead atoms. The second-order valence-corrected chi connectivity index (χ2v) is 9.03. The second-order valence-electron chi connectivity index (χ2n) is 8.17. The van der Waals surface area contributed by atoms with Gasteiger partial charge in [0.2, 0.25) is 17.7 Å². The van der Waals surface area contributed by atoms with Crippen LogP contribution in [-0.4, -0.2) is 34.2 Å². The number of nitrogens with one attached hydrogen (secondary N) is 1. The number of nitrogens with zero attached hydrogens (tertiary/aromatic N) is 2. The van der Waals surface area contributed by atoms with Crippen LogP contribution in [-0.2, 0) is 14.4 Å². The first-order valence-corrected chi connectivity index (χ1v) is 10.7. The van der Waals surface area contributed by atoms with Crippen molar-refractivity contribution < 1.29 is 14.4 Å². The molecule has 1 aromatic carbocycles. The molecule has 2 fully saturated rings. The van der Waals surface area contributed by atoms with E-state index in [9.17, 15) is 14.4 Å². The Balaban J connectivity index is 1.27. The largest absolute Gasteiger partial charge is 0.300 e. The summed E-state index contributed by atoms with van der Waals surface area (Å²) in [7, 11) is 0. The molecule has 2 heterocycles. The maximum atomic E-state index is 12.7. The van der Waals surface area contributed by atoms with Gasteiger partial charge in [0.25, 0.3) is 0 Å². The van der Waals surface area contributed by atoms with Crippen molar-refractivity contribution in [3.8, 4) is 11.3 Å². The van der Waals surface area contributed by atoms with Gasteiger partial charge in [0, 0.05) is 10.9 Å². The van der Waals surface area contributed by atoms with Crippen LogP contribution >= 0.6 is 11.3 Å². The highest BCUT2D eigenvalue weighted by molar-refractivity contribution is 7.14. The standard InChI is InChI=1S/C22H21N3O3S/c1-11-3-6-15(12(2)7-11)16-10-29-22(23-16)24-17(26)9-25-20(27)18-13-4-5-14(8-13)19(18)21(25)28/h3-7,10,13-14,18-19H,8-9H2,1-2H3,(H,23,24,26). The Bertz CT molecular complexity index is 1040. The Hall–Kier alpha value is -2.80. The predicted octanol–water partition coefficient (Wildman–Crippen LogP) is 3.17. The number of anilines is 1. The predicted molar refractivity (Wildman–Crippen MR) is 110 cm³/mol. The zero-order valence-corrected chi connectivity index (χ0v) is 17.0. The minimum absolute atomic E-state index is 0.147. The molecule has 1 aromatic heterocycles. The van der Waals surface area contributed by atoms with E-state index in [2.05, 4.69) is 16.4 Å². The van der Waals surface area contributed by atoms with E-state index in [0.717, 1.165) is 28.1 Å². The van der Waals surface area contributed by atoms with E-state index in [4.69, 9.17) is 0 Å². The molecular weight excluding hydrogens is 386 g/mol. The summed E-state index contributed by atoms with van der Waals surface area (Å²) < 4.78 is 0. The minimum Gasteiger partial charge on any atom is -0.300 e. The van der Waals surface area contributed by atoms with E-state index >= 15 is 0 Å². The van der Waals surface area contributed by atoms with Crippen LogP contribution in [0, 0.1) is 37.5 Å². The Morgan fingerprint density at radius 2 is 1.86 bits per heavy atom. The van der Waals surface area contributed by atoms with Crippen LogP contribution in [0.1, 0.15) is 17.5 Å². The van der Waals surface area contributed by atoms with Crippen molar-refractivity contribution in [2.75, 3.05) is 11.9 Å². The number of carbonyl (C=O) groups excluding carboxylic acids is 3. The number of hydrogen-bond acceptors (Lipinski definition) is 5. The fourth-order valence-corrected chi connectivity index (χ4v) is 5.70. The van der Waals surface area contributed by atoms with Crippen molar-refractivity contribution in [1.29, 1.82) is 0 Å². The first-order chi connectivity index (χ1) is 13.9. The summed E-state index contributed by atoms with van der Waals surface area (Å²) in [5.74, 6) is -1.07. The summed E-state index contributed by atoms with van der Waals surface area (Å²) in [5, 5.41) is 5.10. The third kappa shape index (κ3) is 2.92. The molecule has 3 amide bonds. The lowest BCUT2D eigenvalue weighted by molar-refractivity contribution is -0.143. The number of allylic oxidation sites excluding steroid dienone is 2. The molecule has 7 heteroatoms. The van der Waals surface area contributed by atoms with Crippen molar-refractivity contribution in [2.45, 2.75) is 20.3 Å². The molecule has 2 aromatic rings. The number of thiazole rings is 1. The summed E-state index contributed by atoms with van der Waals surface area (Å²) in [6.45, 7) is 3.83. The number of aromatic nitrogens is 1. The van der Waals surface area contributed by atoms with Gasteiger partial charge in [-0.05, 0) is 37.7 Å². The van der Waals surface area contributed by atoms with Crippen molar-refractivity contribution in [3.63, 3.8) is 0 Å². The van der Waals surface area contributed by atoms with Crippen LogP contribution < -0.4 is 5.32 Å². The number of hydrogen-bond donors (Lipinski definition) is 1. The average Bonchev–Trinajstić information content (AvgIpc) is 3.43. The number of rotatable bonds is 4. The molecule has 4 unspecified atom stereocenters. The van der Waals surface area contributed by atoms with Crippen molar-refractivity contribution in [2.24, 2.45) is 23.7 Å². The molecule has 1 saturated carbocycles. The smallest absolute Gasteiger partial charge is 0.246 e. The number of carbonyl (C=O) groups is 3. The highest BCUT2D eigenvalue weighted by Gasteiger charge is 2.59. The van der Waals surface area contributed by atoms with Gasteiger partial charge in [-0.15, -0.1) is 11.3 Å². The van der Waals surface area contributed by atoms with E-state index in [0.29, 0.717) is 5.13 Å². The second kappa shape index (κ2) is 6.62. The van der Waals surface area contributed by atoms with E-state index in [1.165, 1.54) is 16.9 Å². The number of amides is 3. The monoisotopic (exact) mass is 407 g/mol. The maximum Gasteiger partial charge on any atom is 0.246 e. The number of fused-ring (bicyclic) bond motifs is 5. The maximum absolute atomic E-state index is 12.7. The van der Waals surface area contributed by atoms with E-state index in [1.54, 1.807) is 0 Å².